The molecule has 29 heavy (non-hydrogen) atoms. The van der Waals surface area contributed by atoms with Gasteiger partial charge in [0.2, 0.25) is 0 Å². The summed E-state index contributed by atoms with van der Waals surface area (Å²) >= 11 is 6.72. The van der Waals surface area contributed by atoms with Crippen LogP contribution in [0.3, 0.4) is 0 Å². The number of rotatable bonds is 6. The molecule has 3 rings (SSSR count). The highest BCUT2D eigenvalue weighted by atomic mass is 35.5. The Kier molecular flexibility index (Phi) is 6.56. The highest BCUT2D eigenvalue weighted by Gasteiger charge is 2.36. The lowest BCUT2D eigenvalue weighted by Gasteiger charge is -2.10. The molecule has 0 radical (unpaired) electrons. The van der Waals surface area contributed by atoms with Crippen LogP contribution in [0.25, 0.3) is 6.08 Å². The zero-order chi connectivity index (χ0) is 21.0. The molecular formula is C20H15ClFNO5S. The molecule has 2 aromatic carbocycles. The van der Waals surface area contributed by atoms with Crippen molar-refractivity contribution in [1.82, 2.24) is 4.90 Å². The van der Waals surface area contributed by atoms with Crippen LogP contribution in [-0.4, -0.2) is 35.7 Å². The minimum atomic E-state index is -0.684. The van der Waals surface area contributed by atoms with Gasteiger partial charge >= 0.3 is 5.97 Å². The zero-order valence-electron chi connectivity index (χ0n) is 15.2. The maximum absolute atomic E-state index is 13.9. The van der Waals surface area contributed by atoms with Gasteiger partial charge in [-0.25, -0.2) is 4.39 Å². The number of esters is 1. The third-order valence-electron chi connectivity index (χ3n) is 3.99. The Labute approximate surface area is 175 Å². The Bertz CT molecular complexity index is 990. The van der Waals surface area contributed by atoms with Crippen LogP contribution < -0.4 is 4.74 Å². The van der Waals surface area contributed by atoms with Crippen molar-refractivity contribution in [3.63, 3.8) is 0 Å². The lowest BCUT2D eigenvalue weighted by atomic mass is 10.2. The number of amides is 2. The number of halogens is 2. The molecule has 9 heteroatoms. The largest absolute Gasteiger partial charge is 0.489 e. The molecule has 0 unspecified atom stereocenters. The summed E-state index contributed by atoms with van der Waals surface area (Å²) in [5.74, 6) is -1.29. The highest BCUT2D eigenvalue weighted by Crippen LogP contribution is 2.32. The second-order valence-corrected chi connectivity index (χ2v) is 7.31. The van der Waals surface area contributed by atoms with Crippen molar-refractivity contribution in [2.75, 3.05) is 13.7 Å². The third kappa shape index (κ3) is 4.96. The number of thioether (sulfide) groups is 1. The van der Waals surface area contributed by atoms with E-state index in [1.54, 1.807) is 30.3 Å². The number of hydrogen-bond acceptors (Lipinski definition) is 6. The van der Waals surface area contributed by atoms with E-state index in [0.29, 0.717) is 11.3 Å². The molecule has 2 amide bonds. The summed E-state index contributed by atoms with van der Waals surface area (Å²) in [5.41, 5.74) is 0.842. The van der Waals surface area contributed by atoms with Crippen molar-refractivity contribution >= 4 is 46.6 Å². The van der Waals surface area contributed by atoms with E-state index in [1.807, 2.05) is 0 Å². The molecule has 6 nitrogen and oxygen atoms in total. The van der Waals surface area contributed by atoms with Crippen LogP contribution in [0.15, 0.2) is 47.4 Å². The maximum Gasteiger partial charge on any atom is 0.325 e. The summed E-state index contributed by atoms with van der Waals surface area (Å²) in [6.07, 6.45) is 1.52. The van der Waals surface area contributed by atoms with Gasteiger partial charge in [-0.1, -0.05) is 29.8 Å². The SMILES string of the molecule is COC(=O)CN1C(=O)S/C(=C/c2cccc(OCc3c(F)cccc3Cl)c2)C1=O. The van der Waals surface area contributed by atoms with Crippen LogP contribution in [0.4, 0.5) is 9.18 Å². The Morgan fingerprint density at radius 3 is 2.72 bits per heavy atom. The second kappa shape index (κ2) is 9.11. The van der Waals surface area contributed by atoms with Gasteiger partial charge in [-0.05, 0) is 47.7 Å². The molecule has 0 spiro atoms. The van der Waals surface area contributed by atoms with Crippen molar-refractivity contribution in [3.8, 4) is 5.75 Å². The van der Waals surface area contributed by atoms with E-state index < -0.39 is 29.5 Å². The zero-order valence-corrected chi connectivity index (χ0v) is 16.8. The van der Waals surface area contributed by atoms with Crippen LogP contribution in [0, 0.1) is 5.82 Å². The van der Waals surface area contributed by atoms with Crippen LogP contribution >= 0.6 is 23.4 Å². The van der Waals surface area contributed by atoms with Crippen LogP contribution in [0.1, 0.15) is 11.1 Å². The summed E-state index contributed by atoms with van der Waals surface area (Å²) < 4.78 is 24.0. The highest BCUT2D eigenvalue weighted by molar-refractivity contribution is 8.18. The van der Waals surface area contributed by atoms with Crippen LogP contribution in [0.2, 0.25) is 5.02 Å². The second-order valence-electron chi connectivity index (χ2n) is 5.91. The first-order valence-electron chi connectivity index (χ1n) is 8.37. The molecule has 2 aromatic rings. The number of nitrogens with zero attached hydrogens (tertiary/aromatic N) is 1. The number of benzene rings is 2. The lowest BCUT2D eigenvalue weighted by Crippen LogP contribution is -2.34. The van der Waals surface area contributed by atoms with E-state index >= 15 is 0 Å². The van der Waals surface area contributed by atoms with Gasteiger partial charge in [-0.15, -0.1) is 0 Å². The topological polar surface area (TPSA) is 72.9 Å². The first-order valence-corrected chi connectivity index (χ1v) is 9.56. The molecule has 0 atom stereocenters. The van der Waals surface area contributed by atoms with Crippen LogP contribution in [-0.2, 0) is 20.9 Å². The summed E-state index contributed by atoms with van der Waals surface area (Å²) in [4.78, 5) is 36.7. The third-order valence-corrected chi connectivity index (χ3v) is 5.25. The number of carbonyl (C=O) groups excluding carboxylic acids is 3. The van der Waals surface area contributed by atoms with Gasteiger partial charge in [0, 0.05) is 5.56 Å². The minimum absolute atomic E-state index is 0.0649. The van der Waals surface area contributed by atoms with Crippen molar-refractivity contribution in [1.29, 1.82) is 0 Å². The van der Waals surface area contributed by atoms with E-state index in [9.17, 15) is 18.8 Å². The maximum atomic E-state index is 13.9. The quantitative estimate of drug-likeness (QED) is 0.498. The van der Waals surface area contributed by atoms with E-state index in [1.165, 1.54) is 25.3 Å². The van der Waals surface area contributed by atoms with Crippen LogP contribution in [0.5, 0.6) is 5.75 Å². The summed E-state index contributed by atoms with van der Waals surface area (Å²) in [5, 5.41) is -0.284. The fraction of sp³-hybridized carbons (Fsp3) is 0.150. The van der Waals surface area contributed by atoms with Crippen molar-refractivity contribution in [2.45, 2.75) is 6.61 Å². The minimum Gasteiger partial charge on any atom is -0.489 e. The molecule has 1 aliphatic heterocycles. The molecule has 1 saturated heterocycles. The van der Waals surface area contributed by atoms with Gasteiger partial charge in [0.1, 0.15) is 24.7 Å². The number of methoxy groups -OCH3 is 1. The molecule has 0 aliphatic carbocycles. The number of carbonyl (C=O) groups is 3. The predicted octanol–water partition coefficient (Wildman–Crippen LogP) is 4.27. The Morgan fingerprint density at radius 1 is 1.24 bits per heavy atom. The Balaban J connectivity index is 1.73. The van der Waals surface area contributed by atoms with E-state index in [0.717, 1.165) is 16.7 Å². The van der Waals surface area contributed by atoms with E-state index in [-0.39, 0.29) is 22.1 Å². The summed E-state index contributed by atoms with van der Waals surface area (Å²) in [7, 11) is 1.18. The molecule has 0 N–H and O–H groups in total. The van der Waals surface area contributed by atoms with Gasteiger partial charge in [-0.3, -0.25) is 19.3 Å². The van der Waals surface area contributed by atoms with Gasteiger partial charge < -0.3 is 9.47 Å². The van der Waals surface area contributed by atoms with Gasteiger partial charge in [0.15, 0.2) is 0 Å². The molecular weight excluding hydrogens is 421 g/mol. The number of hydrogen-bond donors (Lipinski definition) is 0. The molecule has 1 aliphatic rings. The monoisotopic (exact) mass is 435 g/mol. The predicted molar refractivity (Wildman–Crippen MR) is 107 cm³/mol. The Hall–Kier alpha value is -2.84. The standard InChI is InChI=1S/C20H15ClFNO5S/c1-27-18(24)10-23-19(25)17(29-20(23)26)9-12-4-2-5-13(8-12)28-11-14-15(21)6-3-7-16(14)22/h2-9H,10-11H2,1H3/b17-9+. The van der Waals surface area contributed by atoms with Crippen molar-refractivity contribution < 1.29 is 28.2 Å². The molecule has 0 aromatic heterocycles. The molecule has 150 valence electrons. The van der Waals surface area contributed by atoms with Gasteiger partial charge in [-0.2, -0.15) is 0 Å². The summed E-state index contributed by atoms with van der Waals surface area (Å²) in [6.45, 7) is -0.504. The van der Waals surface area contributed by atoms with Crippen molar-refractivity contribution in [2.24, 2.45) is 0 Å². The fourth-order valence-corrected chi connectivity index (χ4v) is 3.56. The normalized spacial score (nSPS) is 15.1. The first kappa shape index (κ1) is 20.9. The molecule has 1 fully saturated rings. The van der Waals surface area contributed by atoms with Gasteiger partial charge in [0.25, 0.3) is 11.1 Å². The average molecular weight is 436 g/mol. The van der Waals surface area contributed by atoms with Gasteiger partial charge in [0.05, 0.1) is 17.0 Å². The van der Waals surface area contributed by atoms with Crippen molar-refractivity contribution in [3.05, 3.63) is 69.3 Å². The van der Waals surface area contributed by atoms with E-state index in [2.05, 4.69) is 4.74 Å². The first-order chi connectivity index (χ1) is 13.9. The van der Waals surface area contributed by atoms with E-state index in [4.69, 9.17) is 16.3 Å². The fourth-order valence-electron chi connectivity index (χ4n) is 2.50. The molecule has 1 heterocycles. The molecule has 0 saturated carbocycles. The smallest absolute Gasteiger partial charge is 0.325 e. The average Bonchev–Trinajstić information content (AvgIpc) is 2.95. The number of imide groups is 1. The molecule has 0 bridgehead atoms. The lowest BCUT2D eigenvalue weighted by molar-refractivity contribution is -0.143. The summed E-state index contributed by atoms with van der Waals surface area (Å²) in [6, 6.07) is 11.1. The Morgan fingerprint density at radius 2 is 2.00 bits per heavy atom. The number of ether oxygens (including phenoxy) is 2.